The summed E-state index contributed by atoms with van der Waals surface area (Å²) in [5, 5.41) is 9.00. The van der Waals surface area contributed by atoms with Gasteiger partial charge in [-0.15, -0.1) is 0 Å². The third kappa shape index (κ3) is 3.13. The van der Waals surface area contributed by atoms with Crippen molar-refractivity contribution in [2.75, 3.05) is 45.9 Å². The molecule has 0 amide bonds. The third-order valence-electron chi connectivity index (χ3n) is 5.32. The summed E-state index contributed by atoms with van der Waals surface area (Å²) in [6, 6.07) is 0.739. The summed E-state index contributed by atoms with van der Waals surface area (Å²) in [6.45, 7) is 6.66. The van der Waals surface area contributed by atoms with E-state index in [9.17, 15) is 0 Å². The molecule has 3 rings (SSSR count). The Balaban J connectivity index is 1.52. The zero-order valence-electron chi connectivity index (χ0n) is 12.0. The van der Waals surface area contributed by atoms with Gasteiger partial charge in [0, 0.05) is 45.4 Å². The van der Waals surface area contributed by atoms with Crippen molar-refractivity contribution in [3.8, 4) is 0 Å². The van der Waals surface area contributed by atoms with E-state index in [2.05, 4.69) is 9.80 Å². The van der Waals surface area contributed by atoms with E-state index in [1.807, 2.05) is 0 Å². The molecule has 1 N–H and O–H groups in total. The molecule has 1 aliphatic carbocycles. The van der Waals surface area contributed by atoms with Gasteiger partial charge >= 0.3 is 0 Å². The molecule has 0 bridgehead atoms. The lowest BCUT2D eigenvalue weighted by molar-refractivity contribution is -0.106. The number of hydrogen-bond acceptors (Lipinski definition) is 4. The van der Waals surface area contributed by atoms with Crippen molar-refractivity contribution in [2.45, 2.75) is 50.2 Å². The molecule has 2 heterocycles. The van der Waals surface area contributed by atoms with Crippen molar-refractivity contribution in [1.82, 2.24) is 9.80 Å². The van der Waals surface area contributed by atoms with Gasteiger partial charge in [-0.2, -0.15) is 0 Å². The third-order valence-corrected chi connectivity index (χ3v) is 5.32. The Hall–Kier alpha value is -0.160. The summed E-state index contributed by atoms with van der Waals surface area (Å²) in [5.74, 6) is 0. The number of ether oxygens (including phenoxy) is 1. The van der Waals surface area contributed by atoms with Crippen LogP contribution in [0.15, 0.2) is 0 Å². The van der Waals surface area contributed by atoms with Crippen LogP contribution in [0.1, 0.15) is 38.5 Å². The van der Waals surface area contributed by atoms with Gasteiger partial charge in [-0.05, 0) is 25.7 Å². The minimum Gasteiger partial charge on any atom is -0.395 e. The molecule has 110 valence electrons. The van der Waals surface area contributed by atoms with Crippen molar-refractivity contribution in [1.29, 1.82) is 0 Å². The Bertz CT molecular complexity index is 284. The van der Waals surface area contributed by atoms with Crippen molar-refractivity contribution in [2.24, 2.45) is 0 Å². The number of aliphatic hydroxyl groups excluding tert-OH is 1. The lowest BCUT2D eigenvalue weighted by Crippen LogP contribution is -2.54. The summed E-state index contributed by atoms with van der Waals surface area (Å²) in [7, 11) is 0. The van der Waals surface area contributed by atoms with E-state index in [1.54, 1.807) is 0 Å². The highest BCUT2D eigenvalue weighted by atomic mass is 16.5. The molecule has 19 heavy (non-hydrogen) atoms. The molecule has 1 atom stereocenters. The van der Waals surface area contributed by atoms with E-state index in [1.165, 1.54) is 51.6 Å². The van der Waals surface area contributed by atoms with E-state index in [0.717, 1.165) is 32.3 Å². The zero-order chi connectivity index (χ0) is 13.1. The van der Waals surface area contributed by atoms with Gasteiger partial charge in [0.25, 0.3) is 0 Å². The standard InChI is InChI=1S/C15H28N2O2/c18-11-10-16-6-8-17(9-7-16)14-3-12-19-15(13-14)4-1-2-5-15/h14,18H,1-13H2. The predicted molar refractivity (Wildman–Crippen MR) is 75.3 cm³/mol. The quantitative estimate of drug-likeness (QED) is 0.831. The second-order valence-corrected chi connectivity index (χ2v) is 6.49. The van der Waals surface area contributed by atoms with Crippen molar-refractivity contribution in [3.63, 3.8) is 0 Å². The molecule has 1 unspecified atom stereocenters. The maximum absolute atomic E-state index is 9.00. The second-order valence-electron chi connectivity index (χ2n) is 6.49. The van der Waals surface area contributed by atoms with Crippen LogP contribution < -0.4 is 0 Å². The smallest absolute Gasteiger partial charge is 0.0697 e. The minimum atomic E-state index is 0.241. The molecule has 1 saturated carbocycles. The van der Waals surface area contributed by atoms with Crippen LogP contribution in [0.3, 0.4) is 0 Å². The van der Waals surface area contributed by atoms with Gasteiger partial charge in [0.05, 0.1) is 12.2 Å². The Morgan fingerprint density at radius 3 is 2.53 bits per heavy atom. The number of aliphatic hydroxyl groups is 1. The summed E-state index contributed by atoms with van der Waals surface area (Å²) in [6.07, 6.45) is 7.75. The lowest BCUT2D eigenvalue weighted by atomic mass is 9.88. The van der Waals surface area contributed by atoms with Gasteiger partial charge in [-0.3, -0.25) is 9.80 Å². The normalized spacial score (nSPS) is 33.0. The molecule has 3 aliphatic rings. The number of piperazine rings is 1. The molecule has 0 aromatic carbocycles. The fourth-order valence-corrected chi connectivity index (χ4v) is 4.17. The van der Waals surface area contributed by atoms with Gasteiger partial charge in [0.15, 0.2) is 0 Å². The summed E-state index contributed by atoms with van der Waals surface area (Å²) in [5.41, 5.74) is 0.241. The summed E-state index contributed by atoms with van der Waals surface area (Å²) >= 11 is 0. The molecular formula is C15H28N2O2. The van der Waals surface area contributed by atoms with Crippen molar-refractivity contribution >= 4 is 0 Å². The van der Waals surface area contributed by atoms with Crippen molar-refractivity contribution < 1.29 is 9.84 Å². The zero-order valence-corrected chi connectivity index (χ0v) is 12.0. The van der Waals surface area contributed by atoms with E-state index in [4.69, 9.17) is 9.84 Å². The molecule has 4 nitrogen and oxygen atoms in total. The molecule has 3 fully saturated rings. The first-order valence-corrected chi connectivity index (χ1v) is 8.03. The minimum absolute atomic E-state index is 0.241. The molecule has 2 aliphatic heterocycles. The van der Waals surface area contributed by atoms with Crippen LogP contribution in [0.5, 0.6) is 0 Å². The van der Waals surface area contributed by atoms with Gasteiger partial charge in [-0.1, -0.05) is 12.8 Å². The van der Waals surface area contributed by atoms with Crippen LogP contribution in [0, 0.1) is 0 Å². The van der Waals surface area contributed by atoms with E-state index in [-0.39, 0.29) is 5.60 Å². The first kappa shape index (κ1) is 13.8. The van der Waals surface area contributed by atoms with Crippen LogP contribution in [0.4, 0.5) is 0 Å². The molecule has 0 aromatic heterocycles. The maximum Gasteiger partial charge on any atom is 0.0697 e. The summed E-state index contributed by atoms with van der Waals surface area (Å²) in [4.78, 5) is 5.05. The predicted octanol–water partition coefficient (Wildman–Crippen LogP) is 1.09. The number of hydrogen-bond donors (Lipinski definition) is 1. The highest BCUT2D eigenvalue weighted by Crippen LogP contribution is 2.41. The van der Waals surface area contributed by atoms with Crippen LogP contribution in [-0.4, -0.2) is 72.5 Å². The average Bonchev–Trinajstić information content (AvgIpc) is 2.88. The Kier molecular flexibility index (Phi) is 4.42. The second kappa shape index (κ2) is 6.08. The topological polar surface area (TPSA) is 35.9 Å². The molecule has 0 aromatic rings. The van der Waals surface area contributed by atoms with E-state index in [0.29, 0.717) is 6.61 Å². The molecule has 0 radical (unpaired) electrons. The van der Waals surface area contributed by atoms with Gasteiger partial charge in [0.2, 0.25) is 0 Å². The van der Waals surface area contributed by atoms with Gasteiger partial charge in [0.1, 0.15) is 0 Å². The van der Waals surface area contributed by atoms with Crippen molar-refractivity contribution in [3.05, 3.63) is 0 Å². The van der Waals surface area contributed by atoms with Gasteiger partial charge in [-0.25, -0.2) is 0 Å². The Labute approximate surface area is 116 Å². The van der Waals surface area contributed by atoms with Crippen LogP contribution in [0.2, 0.25) is 0 Å². The highest BCUT2D eigenvalue weighted by molar-refractivity contribution is 4.95. The fraction of sp³-hybridized carbons (Fsp3) is 1.00. The van der Waals surface area contributed by atoms with E-state index >= 15 is 0 Å². The molecule has 1 spiro atoms. The van der Waals surface area contributed by atoms with E-state index < -0.39 is 0 Å². The lowest BCUT2D eigenvalue weighted by Gasteiger charge is -2.45. The summed E-state index contributed by atoms with van der Waals surface area (Å²) < 4.78 is 6.14. The Morgan fingerprint density at radius 1 is 1.11 bits per heavy atom. The molecular weight excluding hydrogens is 240 g/mol. The largest absolute Gasteiger partial charge is 0.395 e. The number of rotatable bonds is 3. The monoisotopic (exact) mass is 268 g/mol. The average molecular weight is 268 g/mol. The van der Waals surface area contributed by atoms with Crippen LogP contribution in [-0.2, 0) is 4.74 Å². The first-order valence-electron chi connectivity index (χ1n) is 8.03. The first-order chi connectivity index (χ1) is 9.31. The van der Waals surface area contributed by atoms with Crippen LogP contribution >= 0.6 is 0 Å². The molecule has 4 heteroatoms. The molecule has 2 saturated heterocycles. The number of nitrogens with zero attached hydrogens (tertiary/aromatic N) is 2. The maximum atomic E-state index is 9.00. The van der Waals surface area contributed by atoms with Gasteiger partial charge < -0.3 is 9.84 Å². The SMILES string of the molecule is OCCN1CCN(C2CCOC3(CCCC3)C2)CC1. The Morgan fingerprint density at radius 2 is 1.84 bits per heavy atom. The fourth-order valence-electron chi connectivity index (χ4n) is 4.17. The highest BCUT2D eigenvalue weighted by Gasteiger charge is 2.41. The van der Waals surface area contributed by atoms with Crippen LogP contribution in [0.25, 0.3) is 0 Å². The number of β-amino-alcohol motifs (C(OH)–C–C–N with tert-alkyl or cyclic N) is 1.